The van der Waals surface area contributed by atoms with Crippen molar-refractivity contribution in [3.8, 4) is 17.2 Å². The van der Waals surface area contributed by atoms with E-state index in [4.69, 9.17) is 14.2 Å². The summed E-state index contributed by atoms with van der Waals surface area (Å²) in [5, 5.41) is 0. The van der Waals surface area contributed by atoms with Crippen molar-refractivity contribution in [3.05, 3.63) is 89.1 Å². The summed E-state index contributed by atoms with van der Waals surface area (Å²) in [6.45, 7) is 6.51. The van der Waals surface area contributed by atoms with E-state index in [1.807, 2.05) is 55.5 Å². The number of unbranched alkanes of at least 4 members (excludes halogenated alkanes) is 1. The Hall–Kier alpha value is -3.97. The van der Waals surface area contributed by atoms with Crippen LogP contribution < -0.4 is 19.1 Å². The van der Waals surface area contributed by atoms with Crippen LogP contribution >= 0.6 is 12.4 Å². The Labute approximate surface area is 261 Å². The Bertz CT molecular complexity index is 1390. The first-order valence-corrected chi connectivity index (χ1v) is 14.4. The van der Waals surface area contributed by atoms with Crippen molar-refractivity contribution in [1.29, 1.82) is 0 Å². The maximum atomic E-state index is 13.5. The number of amides is 1. The first kappa shape index (κ1) is 33.5. The van der Waals surface area contributed by atoms with Gasteiger partial charge in [-0.3, -0.25) is 4.79 Å². The number of anilines is 1. The second-order valence-corrected chi connectivity index (χ2v) is 10.6. The molecule has 8 nitrogen and oxygen atoms in total. The number of hydrogen-bond acceptors (Lipinski definition) is 7. The lowest BCUT2D eigenvalue weighted by Crippen LogP contribution is -2.44. The first-order chi connectivity index (χ1) is 20.4. The fourth-order valence-corrected chi connectivity index (χ4v) is 4.90. The highest BCUT2D eigenvalue weighted by atomic mass is 35.5. The molecular formula is C34H42ClN3O5. The number of piperazine rings is 1. The molecule has 1 aliphatic heterocycles. The molecule has 0 spiro atoms. The van der Waals surface area contributed by atoms with Crippen molar-refractivity contribution < 1.29 is 23.8 Å². The van der Waals surface area contributed by atoms with Gasteiger partial charge >= 0.3 is 0 Å². The first-order valence-electron chi connectivity index (χ1n) is 14.4. The Morgan fingerprint density at radius 3 is 2.35 bits per heavy atom. The van der Waals surface area contributed by atoms with Crippen LogP contribution in [0.4, 0.5) is 5.69 Å². The lowest BCUT2D eigenvalue weighted by molar-refractivity contribution is 0.0991. The van der Waals surface area contributed by atoms with Crippen molar-refractivity contribution in [2.24, 2.45) is 0 Å². The molecule has 230 valence electrons. The van der Waals surface area contributed by atoms with Gasteiger partial charge in [-0.05, 0) is 74.7 Å². The van der Waals surface area contributed by atoms with Gasteiger partial charge < -0.3 is 28.9 Å². The van der Waals surface area contributed by atoms with E-state index in [-0.39, 0.29) is 18.3 Å². The molecule has 3 aromatic rings. The molecule has 0 aliphatic carbocycles. The maximum absolute atomic E-state index is 13.5. The molecule has 0 atom stereocenters. The highest BCUT2D eigenvalue weighted by molar-refractivity contribution is 6.06. The fraction of sp³-hybridized carbons (Fsp3) is 0.382. The molecule has 0 bridgehead atoms. The standard InChI is InChI=1S/C34H41N3O5.ClH/c1-26-13-15-30(32(22-26)41-21-9-8-12-29(24-38)37-19-17-35(2)18-20-37)36(3)34(39)28-14-16-31(33(23-28)40-4)42-25-27-10-6-5-7-11-27;/h5-7,10-11,13-16,22-23H,8-9,12,17-21,25H2,1-4H3;1H. The van der Waals surface area contributed by atoms with Gasteiger partial charge in [0.15, 0.2) is 11.5 Å². The van der Waals surface area contributed by atoms with Crippen LogP contribution in [0.3, 0.4) is 0 Å². The number of ether oxygens (including phenoxy) is 3. The molecule has 0 radical (unpaired) electrons. The van der Waals surface area contributed by atoms with Gasteiger partial charge in [-0.25, -0.2) is 4.79 Å². The van der Waals surface area contributed by atoms with E-state index in [9.17, 15) is 9.59 Å². The van der Waals surface area contributed by atoms with E-state index in [0.717, 1.165) is 55.8 Å². The van der Waals surface area contributed by atoms with Gasteiger partial charge in [0.25, 0.3) is 5.91 Å². The topological polar surface area (TPSA) is 71.5 Å². The van der Waals surface area contributed by atoms with E-state index in [2.05, 4.69) is 22.8 Å². The molecular weight excluding hydrogens is 566 g/mol. The molecule has 0 N–H and O–H groups in total. The number of likely N-dealkylation sites (N-methyl/N-ethyl adjacent to an activating group) is 1. The predicted octanol–water partition coefficient (Wildman–Crippen LogP) is 5.79. The molecule has 0 unspecified atom stereocenters. The molecule has 0 saturated carbocycles. The van der Waals surface area contributed by atoms with Crippen LogP contribution in [0, 0.1) is 6.92 Å². The number of halogens is 1. The molecule has 43 heavy (non-hydrogen) atoms. The minimum atomic E-state index is -0.190. The Balaban J connectivity index is 0.00000506. The second-order valence-electron chi connectivity index (χ2n) is 10.6. The van der Waals surface area contributed by atoms with Crippen LogP contribution in [0.25, 0.3) is 0 Å². The summed E-state index contributed by atoms with van der Waals surface area (Å²) in [5.74, 6) is 3.67. The summed E-state index contributed by atoms with van der Waals surface area (Å²) >= 11 is 0. The molecule has 4 rings (SSSR count). The highest BCUT2D eigenvalue weighted by Crippen LogP contribution is 2.33. The number of rotatable bonds is 13. The van der Waals surface area contributed by atoms with Gasteiger partial charge in [-0.2, -0.15) is 0 Å². The van der Waals surface area contributed by atoms with E-state index >= 15 is 0 Å². The summed E-state index contributed by atoms with van der Waals surface area (Å²) in [6, 6.07) is 20.9. The summed E-state index contributed by atoms with van der Waals surface area (Å²) in [7, 11) is 5.40. The Morgan fingerprint density at radius 2 is 1.65 bits per heavy atom. The average Bonchev–Trinajstić information content (AvgIpc) is 3.02. The quantitative estimate of drug-likeness (QED) is 0.180. The Morgan fingerprint density at radius 1 is 0.907 bits per heavy atom. The summed E-state index contributed by atoms with van der Waals surface area (Å²) in [6.07, 6.45) is 2.29. The molecule has 1 fully saturated rings. The van der Waals surface area contributed by atoms with Crippen LogP contribution in [-0.2, 0) is 11.4 Å². The lowest BCUT2D eigenvalue weighted by atomic mass is 10.1. The molecule has 1 amide bonds. The minimum Gasteiger partial charge on any atom is -0.493 e. The van der Waals surface area contributed by atoms with Gasteiger partial charge in [-0.15, -0.1) is 12.4 Å². The van der Waals surface area contributed by atoms with Crippen molar-refractivity contribution in [1.82, 2.24) is 9.80 Å². The number of hydrogen-bond donors (Lipinski definition) is 0. The Kier molecular flexibility index (Phi) is 13.0. The van der Waals surface area contributed by atoms with Crippen molar-refractivity contribution in [2.45, 2.75) is 32.8 Å². The van der Waals surface area contributed by atoms with Crippen molar-refractivity contribution in [2.75, 3.05) is 58.9 Å². The van der Waals surface area contributed by atoms with Gasteiger partial charge in [0.2, 0.25) is 0 Å². The number of aryl methyl sites for hydroxylation is 1. The zero-order valence-electron chi connectivity index (χ0n) is 25.5. The molecule has 3 aromatic carbocycles. The van der Waals surface area contributed by atoms with Gasteiger partial charge in [0.1, 0.15) is 18.3 Å². The van der Waals surface area contributed by atoms with Crippen LogP contribution in [-0.4, -0.2) is 75.6 Å². The average molecular weight is 608 g/mol. The largest absolute Gasteiger partial charge is 0.493 e. The molecule has 1 heterocycles. The van der Waals surface area contributed by atoms with Crippen LogP contribution in [0.15, 0.2) is 72.4 Å². The number of benzene rings is 3. The van der Waals surface area contributed by atoms with E-state index in [1.165, 1.54) is 0 Å². The fourth-order valence-electron chi connectivity index (χ4n) is 4.90. The van der Waals surface area contributed by atoms with Crippen molar-refractivity contribution >= 4 is 29.9 Å². The smallest absolute Gasteiger partial charge is 0.258 e. The third kappa shape index (κ3) is 9.26. The van der Waals surface area contributed by atoms with Gasteiger partial charge in [0, 0.05) is 38.8 Å². The number of nitrogens with zero attached hydrogens (tertiary/aromatic N) is 3. The third-order valence-corrected chi connectivity index (χ3v) is 7.50. The number of carbonyl (C=O) groups excluding carboxylic acids is 2. The van der Waals surface area contributed by atoms with Crippen LogP contribution in [0.2, 0.25) is 0 Å². The van der Waals surface area contributed by atoms with Crippen molar-refractivity contribution in [3.63, 3.8) is 0 Å². The highest BCUT2D eigenvalue weighted by Gasteiger charge is 2.20. The number of methoxy groups -OCH3 is 1. The summed E-state index contributed by atoms with van der Waals surface area (Å²) < 4.78 is 17.7. The van der Waals surface area contributed by atoms with Crippen LogP contribution in [0.5, 0.6) is 17.2 Å². The SMILES string of the molecule is COc1cc(C(=O)N(C)c2ccc(C)cc2OCCCCC(=C=O)N2CCN(C)CC2)ccc1OCc1ccccc1.Cl. The predicted molar refractivity (Wildman–Crippen MR) is 173 cm³/mol. The van der Waals surface area contributed by atoms with Gasteiger partial charge in [-0.1, -0.05) is 36.4 Å². The monoisotopic (exact) mass is 607 g/mol. The third-order valence-electron chi connectivity index (χ3n) is 7.50. The maximum Gasteiger partial charge on any atom is 0.258 e. The lowest BCUT2D eigenvalue weighted by Gasteiger charge is -2.34. The minimum absolute atomic E-state index is 0. The van der Waals surface area contributed by atoms with Gasteiger partial charge in [0.05, 0.1) is 25.1 Å². The molecule has 1 aliphatic rings. The second kappa shape index (κ2) is 16.6. The molecule has 0 aromatic heterocycles. The number of carbonyl (C=O) groups is 1. The zero-order valence-corrected chi connectivity index (χ0v) is 26.3. The number of allylic oxidation sites excluding steroid dienone is 1. The van der Waals surface area contributed by atoms with E-state index in [0.29, 0.717) is 48.1 Å². The zero-order chi connectivity index (χ0) is 29.9. The summed E-state index contributed by atoms with van der Waals surface area (Å²) in [4.78, 5) is 31.1. The van der Waals surface area contributed by atoms with E-state index < -0.39 is 0 Å². The van der Waals surface area contributed by atoms with Crippen LogP contribution in [0.1, 0.15) is 40.7 Å². The molecule has 1 saturated heterocycles. The normalized spacial score (nSPS) is 13.0. The van der Waals surface area contributed by atoms with E-state index in [1.54, 1.807) is 37.3 Å². The summed E-state index contributed by atoms with van der Waals surface area (Å²) in [5.41, 5.74) is 3.99. The molecule has 9 heteroatoms.